The quantitative estimate of drug-likeness (QED) is 0.818. The number of hydrogen-bond donors (Lipinski definition) is 2. The molecule has 0 aliphatic carbocycles. The average Bonchev–Trinajstić information content (AvgIpc) is 3.11. The van der Waals surface area contributed by atoms with E-state index in [2.05, 4.69) is 27.4 Å². The van der Waals surface area contributed by atoms with E-state index in [1.54, 1.807) is 0 Å². The summed E-state index contributed by atoms with van der Waals surface area (Å²) in [5.74, 6) is 1.07. The molecule has 26 heavy (non-hydrogen) atoms. The third-order valence-electron chi connectivity index (χ3n) is 5.62. The summed E-state index contributed by atoms with van der Waals surface area (Å²) < 4.78 is 13.0. The fourth-order valence-corrected chi connectivity index (χ4v) is 3.80. The van der Waals surface area contributed by atoms with Crippen LogP contribution in [0, 0.1) is 17.7 Å². The van der Waals surface area contributed by atoms with Gasteiger partial charge in [-0.05, 0) is 68.5 Å². The number of nitrogens with one attached hydrogen (secondary N) is 2. The van der Waals surface area contributed by atoms with Crippen LogP contribution in [0.3, 0.4) is 0 Å². The smallest absolute Gasteiger partial charge is 0.314 e. The number of anilines is 1. The summed E-state index contributed by atoms with van der Waals surface area (Å²) in [7, 11) is 0. The van der Waals surface area contributed by atoms with Gasteiger partial charge >= 0.3 is 6.03 Å². The van der Waals surface area contributed by atoms with Crippen molar-refractivity contribution < 1.29 is 9.18 Å². The first-order valence-electron chi connectivity index (χ1n) is 9.84. The molecule has 2 fully saturated rings. The van der Waals surface area contributed by atoms with Crippen molar-refractivity contribution in [2.45, 2.75) is 26.2 Å². The summed E-state index contributed by atoms with van der Waals surface area (Å²) in [6, 6.07) is 6.56. The average molecular weight is 362 g/mol. The molecule has 2 aliphatic rings. The van der Waals surface area contributed by atoms with Crippen LogP contribution in [0.25, 0.3) is 0 Å². The Bertz CT molecular complexity index is 572. The maximum atomic E-state index is 13.0. The first-order chi connectivity index (χ1) is 12.6. The van der Waals surface area contributed by atoms with Gasteiger partial charge in [0.05, 0.1) is 0 Å². The third kappa shape index (κ3) is 5.59. The lowest BCUT2D eigenvalue weighted by atomic mass is 9.99. The van der Waals surface area contributed by atoms with Crippen LogP contribution in [0.1, 0.15) is 26.2 Å². The Kier molecular flexibility index (Phi) is 6.72. The van der Waals surface area contributed by atoms with Gasteiger partial charge in [-0.3, -0.25) is 0 Å². The van der Waals surface area contributed by atoms with Gasteiger partial charge in [-0.1, -0.05) is 6.92 Å². The van der Waals surface area contributed by atoms with E-state index in [1.807, 2.05) is 12.1 Å². The fourth-order valence-electron chi connectivity index (χ4n) is 3.80. The second-order valence-corrected chi connectivity index (χ2v) is 7.74. The van der Waals surface area contributed by atoms with Gasteiger partial charge in [0.15, 0.2) is 0 Å². The van der Waals surface area contributed by atoms with Gasteiger partial charge in [-0.25, -0.2) is 9.18 Å². The van der Waals surface area contributed by atoms with Crippen molar-refractivity contribution in [2.24, 2.45) is 11.8 Å². The number of hydrogen-bond acceptors (Lipinski definition) is 3. The van der Waals surface area contributed by atoms with Gasteiger partial charge in [0.2, 0.25) is 0 Å². The van der Waals surface area contributed by atoms with E-state index in [1.165, 1.54) is 25.0 Å². The number of nitrogens with zero attached hydrogens (tertiary/aromatic N) is 2. The molecule has 0 aromatic heterocycles. The van der Waals surface area contributed by atoms with E-state index in [9.17, 15) is 9.18 Å². The Balaban J connectivity index is 1.29. The number of piperidine rings is 1. The SMILES string of the molecule is CC1CCN(CCNC(=O)NC[C@@H]2CCN(c3ccc(F)cc3)C2)CC1. The molecule has 2 saturated heterocycles. The molecule has 1 aromatic carbocycles. The molecule has 2 heterocycles. The van der Waals surface area contributed by atoms with Crippen molar-refractivity contribution in [1.82, 2.24) is 15.5 Å². The molecule has 1 aromatic rings. The molecule has 5 nitrogen and oxygen atoms in total. The molecule has 0 unspecified atom stereocenters. The lowest BCUT2D eigenvalue weighted by Gasteiger charge is -2.30. The van der Waals surface area contributed by atoms with Gasteiger partial charge in [0, 0.05) is 38.4 Å². The summed E-state index contributed by atoms with van der Waals surface area (Å²) >= 11 is 0. The second-order valence-electron chi connectivity index (χ2n) is 7.74. The summed E-state index contributed by atoms with van der Waals surface area (Å²) in [5.41, 5.74) is 1.05. The monoisotopic (exact) mass is 362 g/mol. The lowest BCUT2D eigenvalue weighted by Crippen LogP contribution is -2.43. The van der Waals surface area contributed by atoms with Crippen molar-refractivity contribution in [2.75, 3.05) is 50.7 Å². The molecule has 2 aliphatic heterocycles. The third-order valence-corrected chi connectivity index (χ3v) is 5.62. The number of rotatable bonds is 6. The summed E-state index contributed by atoms with van der Waals surface area (Å²) in [4.78, 5) is 16.7. The van der Waals surface area contributed by atoms with Crippen LogP contribution >= 0.6 is 0 Å². The Labute approximate surface area is 155 Å². The minimum absolute atomic E-state index is 0.0735. The maximum Gasteiger partial charge on any atom is 0.314 e. The van der Waals surface area contributed by atoms with Crippen LogP contribution in [0.5, 0.6) is 0 Å². The molecule has 0 saturated carbocycles. The number of halogens is 1. The Morgan fingerprint density at radius 3 is 2.58 bits per heavy atom. The van der Waals surface area contributed by atoms with E-state index in [0.717, 1.165) is 50.7 Å². The Morgan fingerprint density at radius 1 is 1.12 bits per heavy atom. The largest absolute Gasteiger partial charge is 0.371 e. The predicted molar refractivity (Wildman–Crippen MR) is 103 cm³/mol. The molecule has 2 amide bonds. The molecular formula is C20H31FN4O. The maximum absolute atomic E-state index is 13.0. The number of urea groups is 1. The van der Waals surface area contributed by atoms with E-state index >= 15 is 0 Å². The van der Waals surface area contributed by atoms with Crippen LogP contribution in [0.15, 0.2) is 24.3 Å². The molecule has 0 spiro atoms. The Morgan fingerprint density at radius 2 is 1.85 bits per heavy atom. The topological polar surface area (TPSA) is 47.6 Å². The van der Waals surface area contributed by atoms with Crippen molar-refractivity contribution in [3.8, 4) is 0 Å². The number of likely N-dealkylation sites (tertiary alicyclic amines) is 1. The van der Waals surface area contributed by atoms with Crippen LogP contribution in [-0.4, -0.2) is 56.7 Å². The van der Waals surface area contributed by atoms with Crippen molar-refractivity contribution in [3.63, 3.8) is 0 Å². The van der Waals surface area contributed by atoms with Crippen LogP contribution in [-0.2, 0) is 0 Å². The van der Waals surface area contributed by atoms with Crippen molar-refractivity contribution in [3.05, 3.63) is 30.1 Å². The first-order valence-corrected chi connectivity index (χ1v) is 9.84. The minimum Gasteiger partial charge on any atom is -0.371 e. The first kappa shape index (κ1) is 19.0. The van der Waals surface area contributed by atoms with Gasteiger partial charge in [-0.2, -0.15) is 0 Å². The van der Waals surface area contributed by atoms with Gasteiger partial charge in [-0.15, -0.1) is 0 Å². The molecule has 6 heteroatoms. The van der Waals surface area contributed by atoms with Gasteiger partial charge in [0.25, 0.3) is 0 Å². The molecule has 2 N–H and O–H groups in total. The Hall–Kier alpha value is -1.82. The predicted octanol–water partition coefficient (Wildman–Crippen LogP) is 2.68. The summed E-state index contributed by atoms with van der Waals surface area (Å²) in [6.07, 6.45) is 3.57. The molecule has 1 atom stereocenters. The zero-order chi connectivity index (χ0) is 18.4. The van der Waals surface area contributed by atoms with Crippen LogP contribution < -0.4 is 15.5 Å². The zero-order valence-electron chi connectivity index (χ0n) is 15.7. The number of carbonyl (C=O) groups excluding carboxylic acids is 1. The number of carbonyl (C=O) groups is 1. The lowest BCUT2D eigenvalue weighted by molar-refractivity contribution is 0.191. The van der Waals surface area contributed by atoms with Crippen molar-refractivity contribution >= 4 is 11.7 Å². The van der Waals surface area contributed by atoms with Gasteiger partial charge in [0.1, 0.15) is 5.82 Å². The zero-order valence-corrected chi connectivity index (χ0v) is 15.7. The normalized spacial score (nSPS) is 21.8. The fraction of sp³-hybridized carbons (Fsp3) is 0.650. The van der Waals surface area contributed by atoms with E-state index in [4.69, 9.17) is 0 Å². The number of benzene rings is 1. The summed E-state index contributed by atoms with van der Waals surface area (Å²) in [6.45, 7) is 8.77. The molecule has 0 radical (unpaired) electrons. The standard InChI is InChI=1S/C20H31FN4O/c1-16-6-10-24(11-7-16)13-9-22-20(26)23-14-17-8-12-25(15-17)19-4-2-18(21)3-5-19/h2-5,16-17H,6-15H2,1H3,(H2,22,23,26)/t17-/m0/s1. The highest BCUT2D eigenvalue weighted by Crippen LogP contribution is 2.23. The van der Waals surface area contributed by atoms with E-state index in [-0.39, 0.29) is 11.8 Å². The number of amides is 2. The molecule has 144 valence electrons. The second kappa shape index (κ2) is 9.21. The van der Waals surface area contributed by atoms with Gasteiger partial charge < -0.3 is 20.4 Å². The van der Waals surface area contributed by atoms with E-state index in [0.29, 0.717) is 19.0 Å². The van der Waals surface area contributed by atoms with E-state index < -0.39 is 0 Å². The highest BCUT2D eigenvalue weighted by Gasteiger charge is 2.23. The van der Waals surface area contributed by atoms with Crippen LogP contribution in [0.4, 0.5) is 14.9 Å². The molecule has 3 rings (SSSR count). The van der Waals surface area contributed by atoms with Crippen molar-refractivity contribution in [1.29, 1.82) is 0 Å². The minimum atomic E-state index is -0.207. The molecular weight excluding hydrogens is 331 g/mol. The van der Waals surface area contributed by atoms with Crippen LogP contribution in [0.2, 0.25) is 0 Å². The highest BCUT2D eigenvalue weighted by molar-refractivity contribution is 5.73. The molecule has 0 bridgehead atoms. The highest BCUT2D eigenvalue weighted by atomic mass is 19.1. The summed E-state index contributed by atoms with van der Waals surface area (Å²) in [5, 5.41) is 5.96.